The fourth-order valence-corrected chi connectivity index (χ4v) is 0.281. The molecule has 4 heteroatoms. The number of carbonyl (C=O) groups excluding carboxylic acids is 1. The highest BCUT2D eigenvalue weighted by Gasteiger charge is 2.00. The standard InChI is InChI=1S/C5H7NO3/c1-3(7)2-4(6)5(8)9/h2H,6H2,1H3,(H,8,9)/b4-2+. The van der Waals surface area contributed by atoms with E-state index in [1.54, 1.807) is 0 Å². The van der Waals surface area contributed by atoms with E-state index < -0.39 is 11.7 Å². The van der Waals surface area contributed by atoms with Crippen molar-refractivity contribution in [1.29, 1.82) is 0 Å². The molecular weight excluding hydrogens is 122 g/mol. The van der Waals surface area contributed by atoms with Gasteiger partial charge >= 0.3 is 5.97 Å². The van der Waals surface area contributed by atoms with Crippen LogP contribution in [0, 0.1) is 0 Å². The Balaban J connectivity index is 4.17. The van der Waals surface area contributed by atoms with Crippen molar-refractivity contribution in [3.05, 3.63) is 11.8 Å². The number of allylic oxidation sites excluding steroid dienone is 1. The van der Waals surface area contributed by atoms with Crippen LogP contribution in [-0.2, 0) is 9.59 Å². The maximum Gasteiger partial charge on any atom is 0.351 e. The molecule has 0 aromatic heterocycles. The minimum absolute atomic E-state index is 0.366. The number of aliphatic carboxylic acids is 1. The molecule has 0 heterocycles. The van der Waals surface area contributed by atoms with Crippen LogP contribution in [0.2, 0.25) is 0 Å². The number of hydrogen-bond acceptors (Lipinski definition) is 3. The zero-order valence-electron chi connectivity index (χ0n) is 4.92. The predicted octanol–water partition coefficient (Wildman–Crippen LogP) is -0.497. The maximum absolute atomic E-state index is 10.1. The smallest absolute Gasteiger partial charge is 0.351 e. The summed E-state index contributed by atoms with van der Waals surface area (Å²) in [6, 6.07) is 0. The van der Waals surface area contributed by atoms with E-state index in [1.807, 2.05) is 0 Å². The van der Waals surface area contributed by atoms with Crippen LogP contribution in [-0.4, -0.2) is 16.9 Å². The molecule has 0 fully saturated rings. The molecular formula is C5H7NO3. The van der Waals surface area contributed by atoms with Gasteiger partial charge in [0.15, 0.2) is 5.78 Å². The lowest BCUT2D eigenvalue weighted by atomic mass is 10.3. The summed E-state index contributed by atoms with van der Waals surface area (Å²) >= 11 is 0. The van der Waals surface area contributed by atoms with Gasteiger partial charge in [0.05, 0.1) is 0 Å². The second-order valence-electron chi connectivity index (χ2n) is 1.52. The van der Waals surface area contributed by atoms with Crippen molar-refractivity contribution in [3.63, 3.8) is 0 Å². The van der Waals surface area contributed by atoms with E-state index in [0.717, 1.165) is 6.08 Å². The Morgan fingerprint density at radius 3 is 2.11 bits per heavy atom. The molecule has 0 aliphatic rings. The van der Waals surface area contributed by atoms with Crippen LogP contribution in [0.5, 0.6) is 0 Å². The third-order valence-electron chi connectivity index (χ3n) is 0.606. The van der Waals surface area contributed by atoms with Crippen molar-refractivity contribution in [2.24, 2.45) is 5.73 Å². The summed E-state index contributed by atoms with van der Waals surface area (Å²) in [5.41, 5.74) is 4.43. The molecule has 0 amide bonds. The van der Waals surface area contributed by atoms with Crippen molar-refractivity contribution in [3.8, 4) is 0 Å². The first-order valence-corrected chi connectivity index (χ1v) is 2.25. The Morgan fingerprint density at radius 2 is 2.00 bits per heavy atom. The van der Waals surface area contributed by atoms with E-state index in [0.29, 0.717) is 0 Å². The number of carbonyl (C=O) groups is 2. The van der Waals surface area contributed by atoms with Gasteiger partial charge in [-0.2, -0.15) is 0 Å². The summed E-state index contributed by atoms with van der Waals surface area (Å²) in [5.74, 6) is -1.64. The van der Waals surface area contributed by atoms with Gasteiger partial charge in [0.25, 0.3) is 0 Å². The first-order chi connectivity index (χ1) is 4.04. The van der Waals surface area contributed by atoms with Gasteiger partial charge < -0.3 is 10.8 Å². The topological polar surface area (TPSA) is 80.4 Å². The average Bonchev–Trinajstić information content (AvgIpc) is 1.63. The summed E-state index contributed by atoms with van der Waals surface area (Å²) < 4.78 is 0. The van der Waals surface area contributed by atoms with E-state index in [9.17, 15) is 9.59 Å². The Bertz CT molecular complexity index is 171. The summed E-state index contributed by atoms with van der Waals surface area (Å²) in [5, 5.41) is 8.09. The number of rotatable bonds is 2. The Hall–Kier alpha value is -1.32. The zero-order chi connectivity index (χ0) is 7.44. The summed E-state index contributed by atoms with van der Waals surface area (Å²) in [4.78, 5) is 20.0. The van der Waals surface area contributed by atoms with Crippen molar-refractivity contribution in [2.75, 3.05) is 0 Å². The summed E-state index contributed by atoms with van der Waals surface area (Å²) in [6.07, 6.45) is 0.863. The highest BCUT2D eigenvalue weighted by atomic mass is 16.4. The van der Waals surface area contributed by atoms with Gasteiger partial charge in [-0.1, -0.05) is 0 Å². The van der Waals surface area contributed by atoms with Gasteiger partial charge in [0, 0.05) is 6.08 Å². The molecule has 4 nitrogen and oxygen atoms in total. The minimum Gasteiger partial charge on any atom is -0.477 e. The van der Waals surface area contributed by atoms with E-state index in [2.05, 4.69) is 0 Å². The molecule has 0 atom stereocenters. The minimum atomic E-state index is -1.27. The molecule has 0 unspecified atom stereocenters. The fourth-order valence-electron chi connectivity index (χ4n) is 0.281. The monoisotopic (exact) mass is 129 g/mol. The molecule has 0 aromatic carbocycles. The molecule has 0 rings (SSSR count). The lowest BCUT2D eigenvalue weighted by Crippen LogP contribution is -2.11. The zero-order valence-corrected chi connectivity index (χ0v) is 4.92. The van der Waals surface area contributed by atoms with Crippen molar-refractivity contribution in [1.82, 2.24) is 0 Å². The summed E-state index contributed by atoms with van der Waals surface area (Å²) in [6.45, 7) is 1.23. The van der Waals surface area contributed by atoms with E-state index in [-0.39, 0.29) is 5.78 Å². The van der Waals surface area contributed by atoms with E-state index in [4.69, 9.17) is 10.8 Å². The highest BCUT2D eigenvalue weighted by Crippen LogP contribution is 1.82. The molecule has 3 N–H and O–H groups in total. The van der Waals surface area contributed by atoms with Crippen LogP contribution in [0.15, 0.2) is 11.8 Å². The third-order valence-corrected chi connectivity index (χ3v) is 0.606. The van der Waals surface area contributed by atoms with Gasteiger partial charge in [-0.15, -0.1) is 0 Å². The molecule has 0 aromatic rings. The highest BCUT2D eigenvalue weighted by molar-refractivity contribution is 5.96. The molecule has 9 heavy (non-hydrogen) atoms. The summed E-state index contributed by atoms with van der Waals surface area (Å²) in [7, 11) is 0. The first-order valence-electron chi connectivity index (χ1n) is 2.25. The van der Waals surface area contributed by atoms with Crippen LogP contribution in [0.4, 0.5) is 0 Å². The normalized spacial score (nSPS) is 11.0. The average molecular weight is 129 g/mol. The van der Waals surface area contributed by atoms with Crippen LogP contribution < -0.4 is 5.73 Å². The number of carboxylic acid groups (broad SMARTS) is 1. The van der Waals surface area contributed by atoms with Crippen LogP contribution in [0.3, 0.4) is 0 Å². The quantitative estimate of drug-likeness (QED) is 0.492. The second kappa shape index (κ2) is 2.86. The van der Waals surface area contributed by atoms with Crippen molar-refractivity contribution >= 4 is 11.8 Å². The largest absolute Gasteiger partial charge is 0.477 e. The van der Waals surface area contributed by atoms with Gasteiger partial charge in [0.1, 0.15) is 5.70 Å². The Morgan fingerprint density at radius 1 is 1.56 bits per heavy atom. The molecule has 0 aliphatic carbocycles. The van der Waals surface area contributed by atoms with Gasteiger partial charge in [-0.05, 0) is 6.92 Å². The molecule has 0 bridgehead atoms. The third kappa shape index (κ3) is 3.28. The van der Waals surface area contributed by atoms with Gasteiger partial charge in [-0.3, -0.25) is 4.79 Å². The Kier molecular flexibility index (Phi) is 2.44. The van der Waals surface area contributed by atoms with E-state index >= 15 is 0 Å². The number of hydrogen-bond donors (Lipinski definition) is 2. The molecule has 0 aliphatic heterocycles. The molecule has 0 spiro atoms. The lowest BCUT2D eigenvalue weighted by Gasteiger charge is -1.87. The van der Waals surface area contributed by atoms with Crippen LogP contribution in [0.1, 0.15) is 6.92 Å². The molecule has 0 saturated heterocycles. The maximum atomic E-state index is 10.1. The van der Waals surface area contributed by atoms with Crippen molar-refractivity contribution < 1.29 is 14.7 Å². The van der Waals surface area contributed by atoms with E-state index in [1.165, 1.54) is 6.92 Å². The number of ketones is 1. The van der Waals surface area contributed by atoms with Gasteiger partial charge in [0.2, 0.25) is 0 Å². The molecule has 50 valence electrons. The molecule has 0 saturated carbocycles. The Labute approximate surface area is 52.0 Å². The van der Waals surface area contributed by atoms with Gasteiger partial charge in [-0.25, -0.2) is 4.79 Å². The van der Waals surface area contributed by atoms with Crippen LogP contribution in [0.25, 0.3) is 0 Å². The SMILES string of the molecule is CC(=O)/C=C(/N)C(=O)O. The van der Waals surface area contributed by atoms with Crippen LogP contribution >= 0.6 is 0 Å². The predicted molar refractivity (Wildman–Crippen MR) is 30.6 cm³/mol. The van der Waals surface area contributed by atoms with Crippen molar-refractivity contribution in [2.45, 2.75) is 6.92 Å². The number of carboxylic acids is 1. The fraction of sp³-hybridized carbons (Fsp3) is 0.200. The lowest BCUT2D eigenvalue weighted by molar-refractivity contribution is -0.133. The molecule has 0 radical (unpaired) electrons. The number of nitrogens with two attached hydrogens (primary N) is 1. The first kappa shape index (κ1) is 7.68. The second-order valence-corrected chi connectivity index (χ2v) is 1.52.